The summed E-state index contributed by atoms with van der Waals surface area (Å²) >= 11 is 4.92. The molecule has 1 fully saturated rings. The molecule has 6 heteroatoms. The number of nitrogens with two attached hydrogens (primary N) is 1. The highest BCUT2D eigenvalue weighted by Crippen LogP contribution is 2.25. The molecule has 0 amide bonds. The Morgan fingerprint density at radius 1 is 1.29 bits per heavy atom. The summed E-state index contributed by atoms with van der Waals surface area (Å²) < 4.78 is 28.0. The first-order valence-corrected chi connectivity index (χ1v) is 9.11. The third kappa shape index (κ3) is 4.02. The van der Waals surface area contributed by atoms with Crippen LogP contribution in [0.4, 0.5) is 0 Å². The molecule has 1 aromatic rings. The van der Waals surface area contributed by atoms with Gasteiger partial charge in [0.1, 0.15) is 4.99 Å². The molecule has 4 nitrogen and oxygen atoms in total. The Kier molecular flexibility index (Phi) is 5.01. The average Bonchev–Trinajstić information content (AvgIpc) is 2.41. The van der Waals surface area contributed by atoms with Gasteiger partial charge < -0.3 is 5.73 Å². The van der Waals surface area contributed by atoms with Crippen LogP contribution in [0, 0.1) is 12.8 Å². The number of rotatable bonds is 4. The fourth-order valence-corrected chi connectivity index (χ4v) is 4.41. The molecule has 0 heterocycles. The molecule has 3 N–H and O–H groups in total. The van der Waals surface area contributed by atoms with Crippen molar-refractivity contribution < 1.29 is 8.42 Å². The van der Waals surface area contributed by atoms with E-state index in [4.69, 9.17) is 18.0 Å². The third-order valence-corrected chi connectivity index (χ3v) is 6.00. The number of benzene rings is 1. The summed E-state index contributed by atoms with van der Waals surface area (Å²) in [5.74, 6) is 0.686. The van der Waals surface area contributed by atoms with Crippen LogP contribution in [-0.4, -0.2) is 19.4 Å². The molecular weight excluding hydrogens is 304 g/mol. The van der Waals surface area contributed by atoms with Crippen LogP contribution >= 0.6 is 12.2 Å². The summed E-state index contributed by atoms with van der Waals surface area (Å²) in [6.07, 6.45) is 3.93. The number of nitrogens with one attached hydrogen (secondary N) is 1. The normalized spacial score (nSPS) is 23.0. The zero-order chi connectivity index (χ0) is 15.6. The largest absolute Gasteiger partial charge is 0.389 e. The molecule has 0 unspecified atom stereocenters. The van der Waals surface area contributed by atoms with Gasteiger partial charge in [0.05, 0.1) is 4.90 Å². The lowest BCUT2D eigenvalue weighted by atomic mass is 9.88. The van der Waals surface area contributed by atoms with Gasteiger partial charge in [-0.1, -0.05) is 31.3 Å². The van der Waals surface area contributed by atoms with Crippen molar-refractivity contribution >= 4 is 27.2 Å². The van der Waals surface area contributed by atoms with E-state index in [9.17, 15) is 8.42 Å². The van der Waals surface area contributed by atoms with Gasteiger partial charge in [0.25, 0.3) is 0 Å². The van der Waals surface area contributed by atoms with E-state index in [1.807, 2.05) is 0 Å². The van der Waals surface area contributed by atoms with Gasteiger partial charge in [-0.25, -0.2) is 13.1 Å². The Morgan fingerprint density at radius 3 is 2.48 bits per heavy atom. The van der Waals surface area contributed by atoms with E-state index in [0.29, 0.717) is 17.0 Å². The third-order valence-electron chi connectivity index (χ3n) is 4.10. The second kappa shape index (κ2) is 6.42. The van der Waals surface area contributed by atoms with Crippen LogP contribution in [0.1, 0.15) is 43.7 Å². The van der Waals surface area contributed by atoms with Gasteiger partial charge in [-0.05, 0) is 50.2 Å². The molecule has 21 heavy (non-hydrogen) atoms. The molecule has 0 saturated heterocycles. The SMILES string of the molecule is Cc1ccc(C(N)=S)cc1S(=O)(=O)NC1CCC(C)CC1. The standard InChI is InChI=1S/C15H22N2O2S2/c1-10-3-7-13(8-4-10)17-21(18,19)14-9-12(15(16)20)6-5-11(14)2/h5-6,9-10,13,17H,3-4,7-8H2,1-2H3,(H2,16,20). The maximum Gasteiger partial charge on any atom is 0.241 e. The van der Waals surface area contributed by atoms with Crippen LogP contribution in [0.15, 0.2) is 23.1 Å². The van der Waals surface area contributed by atoms with Crippen LogP contribution in [0.2, 0.25) is 0 Å². The summed E-state index contributed by atoms with van der Waals surface area (Å²) in [5.41, 5.74) is 6.87. The Labute approximate surface area is 132 Å². The van der Waals surface area contributed by atoms with Crippen LogP contribution in [-0.2, 0) is 10.0 Å². The maximum absolute atomic E-state index is 12.6. The molecule has 1 aliphatic carbocycles. The lowest BCUT2D eigenvalue weighted by molar-refractivity contribution is 0.332. The first kappa shape index (κ1) is 16.4. The second-order valence-electron chi connectivity index (χ2n) is 5.92. The van der Waals surface area contributed by atoms with Crippen molar-refractivity contribution in [3.05, 3.63) is 29.3 Å². The Hall–Kier alpha value is -0.980. The van der Waals surface area contributed by atoms with Gasteiger partial charge in [0, 0.05) is 11.6 Å². The van der Waals surface area contributed by atoms with Crippen LogP contribution in [0.3, 0.4) is 0 Å². The summed E-state index contributed by atoms with van der Waals surface area (Å²) in [6, 6.07) is 5.08. The monoisotopic (exact) mass is 326 g/mol. The lowest BCUT2D eigenvalue weighted by Gasteiger charge is -2.27. The molecule has 0 radical (unpaired) electrons. The van der Waals surface area contributed by atoms with E-state index in [0.717, 1.165) is 25.7 Å². The molecule has 0 bridgehead atoms. The van der Waals surface area contributed by atoms with Crippen LogP contribution in [0.25, 0.3) is 0 Å². The van der Waals surface area contributed by atoms with Crippen molar-refractivity contribution in [3.8, 4) is 0 Å². The van der Waals surface area contributed by atoms with Gasteiger partial charge in [0.2, 0.25) is 10.0 Å². The molecule has 0 spiro atoms. The Bertz CT molecular complexity index is 633. The summed E-state index contributed by atoms with van der Waals surface area (Å²) in [7, 11) is -3.53. The van der Waals surface area contributed by atoms with Gasteiger partial charge in [-0.2, -0.15) is 0 Å². The number of sulfonamides is 1. The summed E-state index contributed by atoms with van der Waals surface area (Å²) in [4.78, 5) is 0.476. The molecule has 116 valence electrons. The summed E-state index contributed by atoms with van der Waals surface area (Å²) in [5, 5.41) is 0. The zero-order valence-corrected chi connectivity index (χ0v) is 14.1. The average molecular weight is 326 g/mol. The highest BCUT2D eigenvalue weighted by Gasteiger charge is 2.25. The number of aryl methyl sites for hydroxylation is 1. The topological polar surface area (TPSA) is 72.2 Å². The zero-order valence-electron chi connectivity index (χ0n) is 12.4. The fraction of sp³-hybridized carbons (Fsp3) is 0.533. The molecule has 1 aromatic carbocycles. The van der Waals surface area contributed by atoms with E-state index in [-0.39, 0.29) is 15.9 Å². The fourth-order valence-electron chi connectivity index (χ4n) is 2.70. The molecule has 1 saturated carbocycles. The molecule has 0 aliphatic heterocycles. The maximum atomic E-state index is 12.6. The number of thiocarbonyl (C=S) groups is 1. The van der Waals surface area contributed by atoms with E-state index in [1.54, 1.807) is 25.1 Å². The minimum atomic E-state index is -3.53. The molecule has 0 aromatic heterocycles. The molecule has 1 aliphatic rings. The van der Waals surface area contributed by atoms with Crippen LogP contribution < -0.4 is 10.5 Å². The molecule has 0 atom stereocenters. The van der Waals surface area contributed by atoms with Crippen molar-refractivity contribution in [3.63, 3.8) is 0 Å². The van der Waals surface area contributed by atoms with Crippen molar-refractivity contribution in [2.24, 2.45) is 11.7 Å². The van der Waals surface area contributed by atoms with Gasteiger partial charge in [-0.3, -0.25) is 0 Å². The Balaban J connectivity index is 2.23. The second-order valence-corrected chi connectivity index (χ2v) is 8.04. The van der Waals surface area contributed by atoms with E-state index in [2.05, 4.69) is 11.6 Å². The number of hydrogen-bond donors (Lipinski definition) is 2. The molecular formula is C15H22N2O2S2. The van der Waals surface area contributed by atoms with E-state index >= 15 is 0 Å². The van der Waals surface area contributed by atoms with Crippen molar-refractivity contribution in [2.75, 3.05) is 0 Å². The van der Waals surface area contributed by atoms with Gasteiger partial charge >= 0.3 is 0 Å². The molecule has 2 rings (SSSR count). The van der Waals surface area contributed by atoms with Gasteiger partial charge in [-0.15, -0.1) is 0 Å². The first-order chi connectivity index (χ1) is 9.79. The summed E-state index contributed by atoms with van der Waals surface area (Å²) in [6.45, 7) is 3.99. The lowest BCUT2D eigenvalue weighted by Crippen LogP contribution is -2.37. The van der Waals surface area contributed by atoms with E-state index in [1.165, 1.54) is 0 Å². The Morgan fingerprint density at radius 2 is 1.90 bits per heavy atom. The first-order valence-electron chi connectivity index (χ1n) is 7.22. The van der Waals surface area contributed by atoms with Crippen molar-refractivity contribution in [2.45, 2.75) is 50.5 Å². The predicted molar refractivity (Wildman–Crippen MR) is 88.8 cm³/mol. The van der Waals surface area contributed by atoms with Crippen molar-refractivity contribution in [1.82, 2.24) is 4.72 Å². The highest BCUT2D eigenvalue weighted by molar-refractivity contribution is 7.89. The van der Waals surface area contributed by atoms with E-state index < -0.39 is 10.0 Å². The van der Waals surface area contributed by atoms with Crippen molar-refractivity contribution in [1.29, 1.82) is 0 Å². The quantitative estimate of drug-likeness (QED) is 0.834. The minimum Gasteiger partial charge on any atom is -0.389 e. The smallest absolute Gasteiger partial charge is 0.241 e. The van der Waals surface area contributed by atoms with Crippen LogP contribution in [0.5, 0.6) is 0 Å². The number of hydrogen-bond acceptors (Lipinski definition) is 3. The highest BCUT2D eigenvalue weighted by atomic mass is 32.2. The van der Waals surface area contributed by atoms with Gasteiger partial charge in [0.15, 0.2) is 0 Å². The predicted octanol–water partition coefficient (Wildman–Crippen LogP) is 2.49. The minimum absolute atomic E-state index is 0.0269.